The van der Waals surface area contributed by atoms with Crippen molar-refractivity contribution < 1.29 is 18.3 Å². The summed E-state index contributed by atoms with van der Waals surface area (Å²) in [6, 6.07) is 1.74. The molecule has 0 saturated heterocycles. The van der Waals surface area contributed by atoms with Crippen molar-refractivity contribution in [1.82, 2.24) is 4.98 Å². The lowest BCUT2D eigenvalue weighted by Gasteiger charge is -2.10. The molecule has 1 aromatic heterocycles. The number of carbonyl (C=O) groups excluding carboxylic acids is 1. The lowest BCUT2D eigenvalue weighted by molar-refractivity contribution is 0.0507. The lowest BCUT2D eigenvalue weighted by Crippen LogP contribution is -2.13. The fourth-order valence-corrected chi connectivity index (χ4v) is 1.36. The molecule has 0 unspecified atom stereocenters. The SMILES string of the molecule is CCOC(=O)c1ncc(C#N)c(C)c1C(F)F. The summed E-state index contributed by atoms with van der Waals surface area (Å²) in [6.45, 7) is 2.99. The summed E-state index contributed by atoms with van der Waals surface area (Å²) < 4.78 is 30.3. The number of esters is 1. The molecule has 1 aromatic rings. The first-order chi connectivity index (χ1) is 8.02. The molecule has 0 aliphatic heterocycles. The first-order valence-electron chi connectivity index (χ1n) is 4.87. The van der Waals surface area contributed by atoms with Crippen molar-refractivity contribution in [1.29, 1.82) is 5.26 Å². The minimum Gasteiger partial charge on any atom is -0.461 e. The summed E-state index contributed by atoms with van der Waals surface area (Å²) in [5.41, 5.74) is -0.894. The molecule has 0 aliphatic rings. The summed E-state index contributed by atoms with van der Waals surface area (Å²) in [5.74, 6) is -0.907. The van der Waals surface area contributed by atoms with Crippen LogP contribution in [0.3, 0.4) is 0 Å². The lowest BCUT2D eigenvalue weighted by atomic mass is 10.0. The van der Waals surface area contributed by atoms with Gasteiger partial charge in [0.25, 0.3) is 6.43 Å². The molecule has 0 aliphatic carbocycles. The second kappa shape index (κ2) is 5.34. The van der Waals surface area contributed by atoms with Gasteiger partial charge in [0.15, 0.2) is 5.69 Å². The van der Waals surface area contributed by atoms with E-state index in [1.807, 2.05) is 0 Å². The largest absolute Gasteiger partial charge is 0.461 e. The van der Waals surface area contributed by atoms with Gasteiger partial charge in [0.1, 0.15) is 6.07 Å². The van der Waals surface area contributed by atoms with Crippen LogP contribution in [0.1, 0.15) is 40.5 Å². The third kappa shape index (κ3) is 2.56. The van der Waals surface area contributed by atoms with Gasteiger partial charge in [0.2, 0.25) is 0 Å². The van der Waals surface area contributed by atoms with Crippen LogP contribution < -0.4 is 0 Å². The van der Waals surface area contributed by atoms with Crippen molar-refractivity contribution in [3.8, 4) is 6.07 Å². The summed E-state index contributed by atoms with van der Waals surface area (Å²) in [7, 11) is 0. The Morgan fingerprint density at radius 1 is 1.65 bits per heavy atom. The highest BCUT2D eigenvalue weighted by Crippen LogP contribution is 2.27. The Hall–Kier alpha value is -2.03. The standard InChI is InChI=1S/C11H10F2N2O2/c1-3-17-11(16)9-8(10(12)13)6(2)7(4-14)5-15-9/h5,10H,3H2,1-2H3. The van der Waals surface area contributed by atoms with Gasteiger partial charge in [-0.3, -0.25) is 0 Å². The van der Waals surface area contributed by atoms with Crippen molar-refractivity contribution in [3.63, 3.8) is 0 Å². The van der Waals surface area contributed by atoms with Gasteiger partial charge in [-0.25, -0.2) is 18.6 Å². The average molecular weight is 240 g/mol. The van der Waals surface area contributed by atoms with Crippen LogP contribution in [0.5, 0.6) is 0 Å². The fraction of sp³-hybridized carbons (Fsp3) is 0.364. The zero-order chi connectivity index (χ0) is 13.0. The van der Waals surface area contributed by atoms with Gasteiger partial charge < -0.3 is 4.74 Å². The second-order valence-electron chi connectivity index (χ2n) is 3.19. The van der Waals surface area contributed by atoms with Crippen LogP contribution >= 0.6 is 0 Å². The molecule has 0 bridgehead atoms. The number of carbonyl (C=O) groups is 1. The molecule has 17 heavy (non-hydrogen) atoms. The number of nitrogens with zero attached hydrogens (tertiary/aromatic N) is 2. The highest BCUT2D eigenvalue weighted by atomic mass is 19.3. The number of nitriles is 1. The third-order valence-electron chi connectivity index (χ3n) is 2.19. The molecule has 90 valence electrons. The zero-order valence-corrected chi connectivity index (χ0v) is 9.33. The molecular formula is C11H10F2N2O2. The Balaban J connectivity index is 3.37. The van der Waals surface area contributed by atoms with Gasteiger partial charge in [0.05, 0.1) is 17.7 Å². The van der Waals surface area contributed by atoms with Gasteiger partial charge in [-0.15, -0.1) is 0 Å². The van der Waals surface area contributed by atoms with Crippen molar-refractivity contribution in [3.05, 3.63) is 28.6 Å². The van der Waals surface area contributed by atoms with Crippen molar-refractivity contribution in [2.45, 2.75) is 20.3 Å². The summed E-state index contributed by atoms with van der Waals surface area (Å²) in [5, 5.41) is 8.71. The maximum Gasteiger partial charge on any atom is 0.357 e. The van der Waals surface area contributed by atoms with Gasteiger partial charge in [-0.1, -0.05) is 0 Å². The van der Waals surface area contributed by atoms with E-state index >= 15 is 0 Å². The van der Waals surface area contributed by atoms with E-state index in [1.165, 1.54) is 6.92 Å². The van der Waals surface area contributed by atoms with Crippen LogP contribution in [0.15, 0.2) is 6.20 Å². The van der Waals surface area contributed by atoms with E-state index in [4.69, 9.17) is 5.26 Å². The van der Waals surface area contributed by atoms with E-state index in [0.29, 0.717) is 0 Å². The highest BCUT2D eigenvalue weighted by Gasteiger charge is 2.24. The maximum atomic E-state index is 12.8. The maximum absolute atomic E-state index is 12.8. The summed E-state index contributed by atoms with van der Waals surface area (Å²) in [6.07, 6.45) is -1.79. The Kier molecular flexibility index (Phi) is 4.10. The van der Waals surface area contributed by atoms with Gasteiger partial charge in [-0.05, 0) is 19.4 Å². The molecule has 0 radical (unpaired) electrons. The average Bonchev–Trinajstić information content (AvgIpc) is 2.28. The quantitative estimate of drug-likeness (QED) is 0.761. The van der Waals surface area contributed by atoms with Crippen LogP contribution in [0.4, 0.5) is 8.78 Å². The van der Waals surface area contributed by atoms with E-state index in [2.05, 4.69) is 9.72 Å². The van der Waals surface area contributed by atoms with Gasteiger partial charge in [-0.2, -0.15) is 5.26 Å². The molecule has 1 heterocycles. The molecule has 1 rings (SSSR count). The van der Waals surface area contributed by atoms with Crippen LogP contribution in [-0.2, 0) is 4.74 Å². The molecule has 6 heteroatoms. The molecule has 0 spiro atoms. The van der Waals surface area contributed by atoms with Crippen LogP contribution in [0.25, 0.3) is 0 Å². The zero-order valence-electron chi connectivity index (χ0n) is 9.33. The number of hydrogen-bond acceptors (Lipinski definition) is 4. The van der Waals surface area contributed by atoms with E-state index in [1.54, 1.807) is 13.0 Å². The minimum atomic E-state index is -2.88. The van der Waals surface area contributed by atoms with Crippen molar-refractivity contribution in [2.75, 3.05) is 6.61 Å². The molecule has 0 fully saturated rings. The first kappa shape index (κ1) is 13.0. The van der Waals surface area contributed by atoms with E-state index in [-0.39, 0.29) is 17.7 Å². The first-order valence-corrected chi connectivity index (χ1v) is 4.87. The molecule has 0 amide bonds. The molecule has 0 aromatic carbocycles. The molecule has 0 saturated carbocycles. The van der Waals surface area contributed by atoms with Gasteiger partial charge in [0, 0.05) is 6.20 Å². The topological polar surface area (TPSA) is 63.0 Å². The monoisotopic (exact) mass is 240 g/mol. The van der Waals surface area contributed by atoms with E-state index < -0.39 is 23.7 Å². The smallest absolute Gasteiger partial charge is 0.357 e. The van der Waals surface area contributed by atoms with Crippen LogP contribution in [0.2, 0.25) is 0 Å². The Morgan fingerprint density at radius 2 is 2.29 bits per heavy atom. The van der Waals surface area contributed by atoms with Crippen LogP contribution in [-0.4, -0.2) is 17.6 Å². The van der Waals surface area contributed by atoms with E-state index in [9.17, 15) is 13.6 Å². The molecule has 0 atom stereocenters. The normalized spacial score (nSPS) is 10.1. The Bertz CT molecular complexity index is 481. The summed E-state index contributed by atoms with van der Waals surface area (Å²) in [4.78, 5) is 15.0. The minimum absolute atomic E-state index is 0.0216. The van der Waals surface area contributed by atoms with Crippen LogP contribution in [0, 0.1) is 18.3 Å². The Morgan fingerprint density at radius 3 is 2.76 bits per heavy atom. The number of halogens is 2. The number of hydrogen-bond donors (Lipinski definition) is 0. The predicted molar refractivity (Wildman–Crippen MR) is 54.6 cm³/mol. The van der Waals surface area contributed by atoms with E-state index in [0.717, 1.165) is 6.20 Å². The third-order valence-corrected chi connectivity index (χ3v) is 2.19. The number of rotatable bonds is 3. The van der Waals surface area contributed by atoms with Gasteiger partial charge >= 0.3 is 5.97 Å². The molecular weight excluding hydrogens is 230 g/mol. The number of aromatic nitrogens is 1. The highest BCUT2D eigenvalue weighted by molar-refractivity contribution is 5.89. The molecule has 0 N–H and O–H groups in total. The second-order valence-corrected chi connectivity index (χ2v) is 3.19. The number of ether oxygens (including phenoxy) is 1. The predicted octanol–water partition coefficient (Wildman–Crippen LogP) is 2.38. The number of alkyl halides is 2. The Labute approximate surface area is 96.8 Å². The van der Waals surface area contributed by atoms with Crippen molar-refractivity contribution in [2.24, 2.45) is 0 Å². The molecule has 4 nitrogen and oxygen atoms in total. The fourth-order valence-electron chi connectivity index (χ4n) is 1.36. The van der Waals surface area contributed by atoms with Crippen molar-refractivity contribution >= 4 is 5.97 Å². The number of pyridine rings is 1. The summed E-state index contributed by atoms with van der Waals surface area (Å²) >= 11 is 0.